The number of alkyl halides is 1. The summed E-state index contributed by atoms with van der Waals surface area (Å²) in [6.45, 7) is 1.24. The molecule has 1 aliphatic rings. The number of carbonyl (C=O) groups is 1. The molecular formula is C16H23FN2O2. The second-order valence-electron chi connectivity index (χ2n) is 5.45. The normalized spacial score (nSPS) is 17.5. The quantitative estimate of drug-likeness (QED) is 0.820. The number of rotatable bonds is 5. The summed E-state index contributed by atoms with van der Waals surface area (Å²) in [7, 11) is 0. The summed E-state index contributed by atoms with van der Waals surface area (Å²) in [6.07, 6.45) is 1.46. The van der Waals surface area contributed by atoms with Crippen LogP contribution in [0.4, 0.5) is 9.18 Å². The van der Waals surface area contributed by atoms with Crippen molar-refractivity contribution in [1.82, 2.24) is 10.2 Å². The molecule has 2 amide bonds. The smallest absolute Gasteiger partial charge is 0.317 e. The zero-order chi connectivity index (χ0) is 15.1. The van der Waals surface area contributed by atoms with Gasteiger partial charge in [-0.05, 0) is 30.7 Å². The molecule has 116 valence electrons. The lowest BCUT2D eigenvalue weighted by atomic mass is 9.87. The molecule has 0 bridgehead atoms. The average Bonchev–Trinajstić information content (AvgIpc) is 2.55. The number of benzene rings is 1. The van der Waals surface area contributed by atoms with Gasteiger partial charge in [-0.1, -0.05) is 30.3 Å². The van der Waals surface area contributed by atoms with Crippen molar-refractivity contribution in [3.05, 3.63) is 35.9 Å². The molecule has 1 aromatic rings. The highest BCUT2D eigenvalue weighted by molar-refractivity contribution is 5.74. The largest absolute Gasteiger partial charge is 0.388 e. The van der Waals surface area contributed by atoms with E-state index in [1.165, 1.54) is 0 Å². The van der Waals surface area contributed by atoms with Crippen molar-refractivity contribution < 1.29 is 14.3 Å². The number of piperidine rings is 1. The number of hydrogen-bond acceptors (Lipinski definition) is 2. The van der Waals surface area contributed by atoms with Crippen LogP contribution in [0.1, 0.15) is 30.9 Å². The van der Waals surface area contributed by atoms with E-state index >= 15 is 0 Å². The fraction of sp³-hybridized carbons (Fsp3) is 0.562. The fourth-order valence-electron chi connectivity index (χ4n) is 2.71. The second kappa shape index (κ2) is 7.98. The summed E-state index contributed by atoms with van der Waals surface area (Å²) in [5.74, 6) is 0.183. The standard InChI is InChI=1S/C16H23FN2O2/c17-9-4-10-18-16(21)19-11-7-14(8-12-19)15(20)13-5-2-1-3-6-13/h1-3,5-6,14-15,20H,4,7-12H2,(H,18,21). The maximum Gasteiger partial charge on any atom is 0.317 e. The van der Waals surface area contributed by atoms with E-state index in [-0.39, 0.29) is 11.9 Å². The highest BCUT2D eigenvalue weighted by atomic mass is 19.1. The first-order valence-corrected chi connectivity index (χ1v) is 7.54. The summed E-state index contributed by atoms with van der Waals surface area (Å²) < 4.78 is 12.0. The molecule has 1 fully saturated rings. The Labute approximate surface area is 125 Å². The van der Waals surface area contributed by atoms with Crippen LogP contribution in [0.15, 0.2) is 30.3 Å². The van der Waals surface area contributed by atoms with Gasteiger partial charge in [0.15, 0.2) is 0 Å². The Kier molecular flexibility index (Phi) is 5.99. The predicted octanol–water partition coefficient (Wildman–Crippen LogP) is 2.50. The number of nitrogens with zero attached hydrogens (tertiary/aromatic N) is 1. The van der Waals surface area contributed by atoms with E-state index in [9.17, 15) is 14.3 Å². The topological polar surface area (TPSA) is 52.6 Å². The molecule has 1 aromatic carbocycles. The molecule has 1 unspecified atom stereocenters. The van der Waals surface area contributed by atoms with Gasteiger partial charge in [-0.2, -0.15) is 0 Å². The molecule has 0 radical (unpaired) electrons. The number of amides is 2. The van der Waals surface area contributed by atoms with Crippen LogP contribution < -0.4 is 5.32 Å². The van der Waals surface area contributed by atoms with Crippen molar-refractivity contribution in [2.24, 2.45) is 5.92 Å². The Morgan fingerprint density at radius 3 is 2.62 bits per heavy atom. The molecule has 1 atom stereocenters. The molecule has 2 N–H and O–H groups in total. The fourth-order valence-corrected chi connectivity index (χ4v) is 2.71. The summed E-state index contributed by atoms with van der Waals surface area (Å²) in [5, 5.41) is 13.1. The summed E-state index contributed by atoms with van der Waals surface area (Å²) >= 11 is 0. The number of carbonyl (C=O) groups excluding carboxylic acids is 1. The Hall–Kier alpha value is -1.62. The molecule has 5 heteroatoms. The van der Waals surface area contributed by atoms with Crippen molar-refractivity contribution in [1.29, 1.82) is 0 Å². The molecule has 0 saturated carbocycles. The molecule has 0 aromatic heterocycles. The third-order valence-electron chi connectivity index (χ3n) is 4.00. The Morgan fingerprint density at radius 2 is 2.00 bits per heavy atom. The first kappa shape index (κ1) is 15.8. The maximum atomic E-state index is 12.0. The molecule has 1 saturated heterocycles. The van der Waals surface area contributed by atoms with Gasteiger partial charge in [0.05, 0.1) is 12.8 Å². The number of aliphatic hydroxyl groups excluding tert-OH is 1. The van der Waals surface area contributed by atoms with Crippen LogP contribution >= 0.6 is 0 Å². The second-order valence-corrected chi connectivity index (χ2v) is 5.45. The van der Waals surface area contributed by atoms with Crippen molar-refractivity contribution in [2.45, 2.75) is 25.4 Å². The van der Waals surface area contributed by atoms with Gasteiger partial charge < -0.3 is 15.3 Å². The van der Waals surface area contributed by atoms with Crippen LogP contribution in [0.25, 0.3) is 0 Å². The predicted molar refractivity (Wildman–Crippen MR) is 79.7 cm³/mol. The highest BCUT2D eigenvalue weighted by Crippen LogP contribution is 2.30. The van der Waals surface area contributed by atoms with E-state index in [1.807, 2.05) is 30.3 Å². The van der Waals surface area contributed by atoms with E-state index < -0.39 is 12.8 Å². The van der Waals surface area contributed by atoms with Crippen molar-refractivity contribution in [2.75, 3.05) is 26.3 Å². The number of urea groups is 1. The van der Waals surface area contributed by atoms with Crippen LogP contribution in [0.2, 0.25) is 0 Å². The van der Waals surface area contributed by atoms with E-state index in [0.717, 1.165) is 18.4 Å². The SMILES string of the molecule is O=C(NCCCF)N1CCC(C(O)c2ccccc2)CC1. The summed E-state index contributed by atoms with van der Waals surface area (Å²) in [5.41, 5.74) is 0.934. The van der Waals surface area contributed by atoms with Gasteiger partial charge in [0.1, 0.15) is 0 Å². The summed E-state index contributed by atoms with van der Waals surface area (Å²) in [4.78, 5) is 13.6. The molecule has 21 heavy (non-hydrogen) atoms. The van der Waals surface area contributed by atoms with Crippen LogP contribution in [-0.4, -0.2) is 42.3 Å². The number of halogens is 1. The molecule has 1 heterocycles. The van der Waals surface area contributed by atoms with Crippen molar-refractivity contribution >= 4 is 6.03 Å². The first-order valence-electron chi connectivity index (χ1n) is 7.54. The third-order valence-corrected chi connectivity index (χ3v) is 4.00. The lowest BCUT2D eigenvalue weighted by Gasteiger charge is -2.34. The van der Waals surface area contributed by atoms with Gasteiger partial charge in [0.25, 0.3) is 0 Å². The zero-order valence-corrected chi connectivity index (χ0v) is 12.2. The molecule has 0 aliphatic carbocycles. The van der Waals surface area contributed by atoms with Gasteiger partial charge in [0.2, 0.25) is 0 Å². The van der Waals surface area contributed by atoms with Gasteiger partial charge in [-0.25, -0.2) is 4.79 Å². The lowest BCUT2D eigenvalue weighted by Crippen LogP contribution is -2.45. The molecule has 1 aliphatic heterocycles. The zero-order valence-electron chi connectivity index (χ0n) is 12.2. The van der Waals surface area contributed by atoms with Crippen molar-refractivity contribution in [3.8, 4) is 0 Å². The molecular weight excluding hydrogens is 271 g/mol. The van der Waals surface area contributed by atoms with E-state index in [2.05, 4.69) is 5.32 Å². The number of nitrogens with one attached hydrogen (secondary N) is 1. The van der Waals surface area contributed by atoms with Gasteiger partial charge >= 0.3 is 6.03 Å². The monoisotopic (exact) mass is 294 g/mol. The van der Waals surface area contributed by atoms with E-state index in [1.54, 1.807) is 4.90 Å². The molecule has 4 nitrogen and oxygen atoms in total. The minimum atomic E-state index is -0.469. The van der Waals surface area contributed by atoms with Gasteiger partial charge in [-0.3, -0.25) is 4.39 Å². The molecule has 0 spiro atoms. The Balaban J connectivity index is 1.79. The summed E-state index contributed by atoms with van der Waals surface area (Å²) in [6, 6.07) is 9.51. The van der Waals surface area contributed by atoms with Crippen molar-refractivity contribution in [3.63, 3.8) is 0 Å². The Bertz CT molecular complexity index is 433. The maximum absolute atomic E-state index is 12.0. The third kappa shape index (κ3) is 4.43. The van der Waals surface area contributed by atoms with E-state index in [0.29, 0.717) is 26.1 Å². The number of hydrogen-bond donors (Lipinski definition) is 2. The molecule has 2 rings (SSSR count). The van der Waals surface area contributed by atoms with Gasteiger partial charge in [-0.15, -0.1) is 0 Å². The van der Waals surface area contributed by atoms with Crippen LogP contribution in [0.5, 0.6) is 0 Å². The lowest BCUT2D eigenvalue weighted by molar-refractivity contribution is 0.0665. The first-order chi connectivity index (χ1) is 10.2. The van der Waals surface area contributed by atoms with Crippen LogP contribution in [-0.2, 0) is 0 Å². The van der Waals surface area contributed by atoms with Gasteiger partial charge in [0, 0.05) is 19.6 Å². The highest BCUT2D eigenvalue weighted by Gasteiger charge is 2.27. The number of aliphatic hydroxyl groups is 1. The minimum Gasteiger partial charge on any atom is -0.388 e. The Morgan fingerprint density at radius 1 is 1.33 bits per heavy atom. The van der Waals surface area contributed by atoms with Crippen LogP contribution in [0.3, 0.4) is 0 Å². The van der Waals surface area contributed by atoms with Crippen LogP contribution in [0, 0.1) is 5.92 Å². The minimum absolute atomic E-state index is 0.129. The van der Waals surface area contributed by atoms with E-state index in [4.69, 9.17) is 0 Å². The average molecular weight is 294 g/mol. The number of likely N-dealkylation sites (tertiary alicyclic amines) is 1.